The maximum Gasteiger partial charge on any atom is 0.312 e. The van der Waals surface area contributed by atoms with Gasteiger partial charge >= 0.3 is 5.97 Å². The van der Waals surface area contributed by atoms with E-state index in [2.05, 4.69) is 6.58 Å². The second-order valence-corrected chi connectivity index (χ2v) is 9.44. The number of carbonyl (C=O) groups is 3. The van der Waals surface area contributed by atoms with Crippen LogP contribution in [0.1, 0.15) is 33.1 Å². The Kier molecular flexibility index (Phi) is 6.77. The zero-order valence-electron chi connectivity index (χ0n) is 19.5. The summed E-state index contributed by atoms with van der Waals surface area (Å²) in [5.74, 6) is -2.87. The highest BCUT2D eigenvalue weighted by Gasteiger charge is 2.79. The van der Waals surface area contributed by atoms with Crippen LogP contribution in [0, 0.1) is 11.8 Å². The molecule has 1 spiro atoms. The maximum atomic E-state index is 14.2. The summed E-state index contributed by atoms with van der Waals surface area (Å²) >= 11 is 6.42. The number of esters is 1. The van der Waals surface area contributed by atoms with Gasteiger partial charge in [-0.2, -0.15) is 0 Å². The summed E-state index contributed by atoms with van der Waals surface area (Å²) < 4.78 is 12.0. The van der Waals surface area contributed by atoms with Crippen LogP contribution in [0.4, 0.5) is 5.69 Å². The molecule has 3 aliphatic heterocycles. The van der Waals surface area contributed by atoms with E-state index in [-0.39, 0.29) is 38.1 Å². The summed E-state index contributed by atoms with van der Waals surface area (Å²) in [7, 11) is 0. The molecule has 1 aromatic rings. The molecule has 3 saturated heterocycles. The minimum Gasteiger partial charge on any atom is -0.466 e. The Labute approximate surface area is 204 Å². The fraction of sp³-hybridized carbons (Fsp3) is 0.560. The Bertz CT molecular complexity index is 1000. The minimum atomic E-state index is -1.18. The Balaban J connectivity index is 1.82. The molecule has 0 radical (unpaired) electrons. The number of hydrogen-bond acceptors (Lipinski definition) is 6. The van der Waals surface area contributed by atoms with E-state index in [0.717, 1.165) is 0 Å². The first kappa shape index (κ1) is 24.7. The number of aliphatic hydroxyl groups is 1. The smallest absolute Gasteiger partial charge is 0.312 e. The lowest BCUT2D eigenvalue weighted by Gasteiger charge is -2.36. The molecule has 184 valence electrons. The molecule has 0 aromatic heterocycles. The number of likely N-dealkylation sites (tertiary alicyclic amines) is 1. The number of anilines is 1. The van der Waals surface area contributed by atoms with Crippen molar-refractivity contribution in [3.05, 3.63) is 41.9 Å². The monoisotopic (exact) mass is 490 g/mol. The third-order valence-corrected chi connectivity index (χ3v) is 7.84. The van der Waals surface area contributed by atoms with Crippen molar-refractivity contribution in [2.24, 2.45) is 11.8 Å². The van der Waals surface area contributed by atoms with E-state index in [4.69, 9.17) is 21.1 Å². The van der Waals surface area contributed by atoms with Gasteiger partial charge in [0.15, 0.2) is 0 Å². The number of benzene rings is 1. The van der Waals surface area contributed by atoms with Crippen molar-refractivity contribution < 1.29 is 29.0 Å². The van der Waals surface area contributed by atoms with Crippen molar-refractivity contribution >= 4 is 35.1 Å². The van der Waals surface area contributed by atoms with Gasteiger partial charge in [0.1, 0.15) is 17.6 Å². The highest BCUT2D eigenvalue weighted by molar-refractivity contribution is 6.34. The van der Waals surface area contributed by atoms with Crippen molar-refractivity contribution in [1.29, 1.82) is 0 Å². The Morgan fingerprint density at radius 1 is 1.35 bits per heavy atom. The van der Waals surface area contributed by atoms with Crippen molar-refractivity contribution in [3.63, 3.8) is 0 Å². The summed E-state index contributed by atoms with van der Waals surface area (Å²) in [6, 6.07) is 5.95. The van der Waals surface area contributed by atoms with E-state index in [1.54, 1.807) is 37.3 Å². The van der Waals surface area contributed by atoms with E-state index in [9.17, 15) is 19.5 Å². The zero-order valence-corrected chi connectivity index (χ0v) is 20.3. The van der Waals surface area contributed by atoms with Crippen molar-refractivity contribution in [2.75, 3.05) is 31.2 Å². The highest BCUT2D eigenvalue weighted by Crippen LogP contribution is 2.64. The van der Waals surface area contributed by atoms with Crippen LogP contribution in [-0.2, 0) is 23.9 Å². The largest absolute Gasteiger partial charge is 0.466 e. The molecule has 1 N–H and O–H groups in total. The Hall–Kier alpha value is -2.42. The number of ether oxygens (including phenoxy) is 2. The van der Waals surface area contributed by atoms with Gasteiger partial charge < -0.3 is 24.4 Å². The van der Waals surface area contributed by atoms with Crippen LogP contribution in [0.3, 0.4) is 0 Å². The van der Waals surface area contributed by atoms with E-state index >= 15 is 0 Å². The van der Waals surface area contributed by atoms with Gasteiger partial charge in [-0.15, -0.1) is 6.58 Å². The normalized spacial score (nSPS) is 31.5. The molecule has 34 heavy (non-hydrogen) atoms. The molecule has 8 nitrogen and oxygen atoms in total. The maximum absolute atomic E-state index is 14.2. The lowest BCUT2D eigenvalue weighted by Crippen LogP contribution is -2.57. The molecule has 5 atom stereocenters. The molecule has 3 heterocycles. The first-order valence-corrected chi connectivity index (χ1v) is 12.1. The number of aliphatic hydroxyl groups excluding tert-OH is 1. The first-order chi connectivity index (χ1) is 16.3. The van der Waals surface area contributed by atoms with Gasteiger partial charge in [-0.1, -0.05) is 36.7 Å². The van der Waals surface area contributed by atoms with Gasteiger partial charge in [-0.05, 0) is 38.3 Å². The molecule has 2 unspecified atom stereocenters. The van der Waals surface area contributed by atoms with Crippen LogP contribution < -0.4 is 4.90 Å². The van der Waals surface area contributed by atoms with Gasteiger partial charge in [-0.25, -0.2) is 0 Å². The second-order valence-electron chi connectivity index (χ2n) is 9.03. The van der Waals surface area contributed by atoms with Crippen LogP contribution in [0.5, 0.6) is 0 Å². The molecule has 2 amide bonds. The molecule has 0 saturated carbocycles. The number of halogens is 1. The summed E-state index contributed by atoms with van der Waals surface area (Å²) in [6.07, 6.45) is 3.10. The molecular weight excluding hydrogens is 460 g/mol. The molecule has 3 fully saturated rings. The van der Waals surface area contributed by atoms with Crippen LogP contribution in [-0.4, -0.2) is 71.3 Å². The fourth-order valence-corrected chi connectivity index (χ4v) is 6.43. The van der Waals surface area contributed by atoms with E-state index in [0.29, 0.717) is 30.0 Å². The molecule has 2 bridgehead atoms. The van der Waals surface area contributed by atoms with E-state index < -0.39 is 35.0 Å². The standard InChI is InChI=1S/C25H31ClN2O6/c1-4-13-27(17-10-8-7-9-16(17)26)22(31)20-25-12-11-24(5-2,34-25)19(23(32)33-6-3)18(25)21(30)28(20)14-15-29/h4,7-10,18-20,29H,1,5-6,11-15H2,2-3H3/t18-,19-,20?,24+,25?/m0/s1. The topological polar surface area (TPSA) is 96.4 Å². The number of carbonyl (C=O) groups excluding carboxylic acids is 3. The number of amides is 2. The Morgan fingerprint density at radius 2 is 2.09 bits per heavy atom. The Morgan fingerprint density at radius 3 is 2.71 bits per heavy atom. The average Bonchev–Trinajstić information content (AvgIpc) is 3.42. The summed E-state index contributed by atoms with van der Waals surface area (Å²) in [4.78, 5) is 43.9. The highest BCUT2D eigenvalue weighted by atomic mass is 35.5. The number of para-hydroxylation sites is 1. The first-order valence-electron chi connectivity index (χ1n) is 11.8. The van der Waals surface area contributed by atoms with Gasteiger partial charge in [0.2, 0.25) is 5.91 Å². The lowest BCUT2D eigenvalue weighted by molar-refractivity contribution is -0.160. The van der Waals surface area contributed by atoms with Gasteiger partial charge in [-0.3, -0.25) is 14.4 Å². The van der Waals surface area contributed by atoms with Crippen LogP contribution >= 0.6 is 11.6 Å². The SMILES string of the molecule is C=CCN(C(=O)C1N(CCO)C(=O)[C@@H]2[C@@H](C(=O)OCC)[C@@]3(CC)CCC12O3)c1ccccc1Cl. The number of β-amino-alcohol motifs (C(OH)–C–C–N with tert-alkyl or cyclic N) is 1. The quantitative estimate of drug-likeness (QED) is 0.422. The second kappa shape index (κ2) is 9.32. The predicted molar refractivity (Wildman–Crippen MR) is 126 cm³/mol. The summed E-state index contributed by atoms with van der Waals surface area (Å²) in [5.41, 5.74) is -1.55. The summed E-state index contributed by atoms with van der Waals surface area (Å²) in [6.45, 7) is 7.40. The fourth-order valence-electron chi connectivity index (χ4n) is 6.19. The third-order valence-electron chi connectivity index (χ3n) is 7.52. The van der Waals surface area contributed by atoms with Crippen LogP contribution in [0.15, 0.2) is 36.9 Å². The minimum absolute atomic E-state index is 0.0457. The van der Waals surface area contributed by atoms with Gasteiger partial charge in [0.25, 0.3) is 5.91 Å². The van der Waals surface area contributed by atoms with Gasteiger partial charge in [0.05, 0.1) is 35.4 Å². The summed E-state index contributed by atoms with van der Waals surface area (Å²) in [5, 5.41) is 10.1. The molecule has 0 aliphatic carbocycles. The molecule has 1 aromatic carbocycles. The average molecular weight is 491 g/mol. The van der Waals surface area contributed by atoms with Crippen LogP contribution in [0.2, 0.25) is 5.02 Å². The number of hydrogen-bond donors (Lipinski definition) is 1. The number of fused-ring (bicyclic) bond motifs is 1. The lowest BCUT2D eigenvalue weighted by atomic mass is 9.65. The van der Waals surface area contributed by atoms with Crippen molar-refractivity contribution in [1.82, 2.24) is 4.90 Å². The van der Waals surface area contributed by atoms with Crippen molar-refractivity contribution in [2.45, 2.75) is 50.4 Å². The van der Waals surface area contributed by atoms with Gasteiger partial charge in [0, 0.05) is 13.1 Å². The number of nitrogens with zero attached hydrogens (tertiary/aromatic N) is 2. The van der Waals surface area contributed by atoms with E-state index in [1.165, 1.54) is 9.80 Å². The van der Waals surface area contributed by atoms with Crippen molar-refractivity contribution in [3.8, 4) is 0 Å². The molecule has 4 rings (SSSR count). The molecular formula is C25H31ClN2O6. The molecule has 9 heteroatoms. The predicted octanol–water partition coefficient (Wildman–Crippen LogP) is 2.57. The van der Waals surface area contributed by atoms with Crippen LogP contribution in [0.25, 0.3) is 0 Å². The number of rotatable bonds is 9. The van der Waals surface area contributed by atoms with E-state index in [1.807, 2.05) is 6.92 Å². The third kappa shape index (κ3) is 3.46. The molecule has 3 aliphatic rings. The zero-order chi connectivity index (χ0) is 24.7.